The first-order chi connectivity index (χ1) is 19.7. The molecule has 0 fully saturated rings. The Balaban J connectivity index is 1.43. The van der Waals surface area contributed by atoms with Gasteiger partial charge in [-0.25, -0.2) is 19.4 Å². The summed E-state index contributed by atoms with van der Waals surface area (Å²) in [6.45, 7) is 2.81. The Hall–Kier alpha value is -5.26. The Bertz CT molecular complexity index is 1520. The van der Waals surface area contributed by atoms with Crippen molar-refractivity contribution in [3.05, 3.63) is 116 Å². The molecule has 0 saturated carbocycles. The van der Waals surface area contributed by atoms with Crippen molar-refractivity contribution in [2.24, 2.45) is 0 Å². The topological polar surface area (TPSA) is 163 Å². The summed E-state index contributed by atoms with van der Waals surface area (Å²) in [6, 6.07) is 12.5. The standard InChI is InChI=1S/C29H28N4O8/c1-17-24(28(35)39-3)26(21-5-4-6-22(16-21)33(37)38)25(18(2)32-17)29(36)41-14-13-40-27(34)20-9-7-19(8-10-20)15-23-30-11-12-31-23/h4-12,16,26,32H,13-15H2,1-3H3,(H,30,31). The first-order valence-electron chi connectivity index (χ1n) is 12.6. The maximum Gasteiger partial charge on any atom is 0.338 e. The number of nitro groups is 1. The van der Waals surface area contributed by atoms with Crippen LogP contribution in [0.3, 0.4) is 0 Å². The van der Waals surface area contributed by atoms with Gasteiger partial charge in [0.1, 0.15) is 19.0 Å². The minimum absolute atomic E-state index is 0.0787. The van der Waals surface area contributed by atoms with Gasteiger partial charge in [0.2, 0.25) is 0 Å². The number of carbonyl (C=O) groups is 3. The van der Waals surface area contributed by atoms with E-state index in [2.05, 4.69) is 15.3 Å². The zero-order chi connectivity index (χ0) is 29.5. The fourth-order valence-electron chi connectivity index (χ4n) is 4.57. The summed E-state index contributed by atoms with van der Waals surface area (Å²) < 4.78 is 15.6. The molecule has 2 heterocycles. The molecule has 3 aromatic rings. The third-order valence-corrected chi connectivity index (χ3v) is 6.47. The number of dihydropyridines is 1. The molecule has 12 heteroatoms. The molecule has 212 valence electrons. The van der Waals surface area contributed by atoms with Crippen LogP contribution in [0.4, 0.5) is 5.69 Å². The third kappa shape index (κ3) is 6.67. The number of carbonyl (C=O) groups excluding carboxylic acids is 3. The molecule has 0 spiro atoms. The summed E-state index contributed by atoms with van der Waals surface area (Å²) in [5.41, 5.74) is 2.48. The Morgan fingerprint density at radius 1 is 0.951 bits per heavy atom. The number of nitrogens with one attached hydrogen (secondary N) is 2. The van der Waals surface area contributed by atoms with Crippen LogP contribution in [0, 0.1) is 10.1 Å². The number of non-ortho nitro benzene ring substituents is 1. The molecule has 12 nitrogen and oxygen atoms in total. The number of nitrogens with zero attached hydrogens (tertiary/aromatic N) is 2. The summed E-state index contributed by atoms with van der Waals surface area (Å²) in [5, 5.41) is 14.4. The Kier molecular flexibility index (Phi) is 8.92. The lowest BCUT2D eigenvalue weighted by molar-refractivity contribution is -0.384. The average Bonchev–Trinajstić information content (AvgIpc) is 3.47. The van der Waals surface area contributed by atoms with Crippen molar-refractivity contribution in [1.82, 2.24) is 15.3 Å². The van der Waals surface area contributed by atoms with E-state index in [1.807, 2.05) is 0 Å². The van der Waals surface area contributed by atoms with E-state index in [1.165, 1.54) is 25.3 Å². The van der Waals surface area contributed by atoms with Gasteiger partial charge in [-0.1, -0.05) is 24.3 Å². The molecule has 0 aliphatic carbocycles. The number of H-pyrrole nitrogens is 1. The molecule has 1 aliphatic heterocycles. The fraction of sp³-hybridized carbons (Fsp3) is 0.241. The van der Waals surface area contributed by atoms with E-state index in [0.717, 1.165) is 11.4 Å². The second-order valence-corrected chi connectivity index (χ2v) is 9.16. The number of benzene rings is 2. The van der Waals surface area contributed by atoms with E-state index in [4.69, 9.17) is 14.2 Å². The average molecular weight is 561 g/mol. The molecule has 0 saturated heterocycles. The van der Waals surface area contributed by atoms with Crippen molar-refractivity contribution in [1.29, 1.82) is 0 Å². The van der Waals surface area contributed by atoms with Crippen molar-refractivity contribution in [2.75, 3.05) is 20.3 Å². The molecule has 2 N–H and O–H groups in total. The van der Waals surface area contributed by atoms with Crippen molar-refractivity contribution < 1.29 is 33.5 Å². The third-order valence-electron chi connectivity index (χ3n) is 6.47. The molecule has 4 rings (SSSR count). The van der Waals surface area contributed by atoms with Gasteiger partial charge in [-0.2, -0.15) is 0 Å². The summed E-state index contributed by atoms with van der Waals surface area (Å²) >= 11 is 0. The highest BCUT2D eigenvalue weighted by Gasteiger charge is 2.38. The van der Waals surface area contributed by atoms with E-state index in [9.17, 15) is 24.5 Å². The van der Waals surface area contributed by atoms with Crippen LogP contribution in [-0.2, 0) is 30.2 Å². The smallest absolute Gasteiger partial charge is 0.338 e. The highest BCUT2D eigenvalue weighted by Crippen LogP contribution is 2.40. The Labute approximate surface area is 235 Å². The van der Waals surface area contributed by atoms with Gasteiger partial charge >= 0.3 is 17.9 Å². The van der Waals surface area contributed by atoms with Gasteiger partial charge in [-0.05, 0) is 37.1 Å². The maximum atomic E-state index is 13.3. The molecular formula is C29H28N4O8. The van der Waals surface area contributed by atoms with Gasteiger partial charge < -0.3 is 24.5 Å². The van der Waals surface area contributed by atoms with E-state index in [0.29, 0.717) is 28.9 Å². The van der Waals surface area contributed by atoms with Crippen molar-refractivity contribution in [2.45, 2.75) is 26.2 Å². The van der Waals surface area contributed by atoms with Gasteiger partial charge in [0.25, 0.3) is 5.69 Å². The number of allylic oxidation sites excluding steroid dienone is 2. The lowest BCUT2D eigenvalue weighted by atomic mass is 9.80. The zero-order valence-electron chi connectivity index (χ0n) is 22.6. The second-order valence-electron chi connectivity index (χ2n) is 9.16. The van der Waals surface area contributed by atoms with E-state index >= 15 is 0 Å². The first-order valence-corrected chi connectivity index (χ1v) is 12.6. The molecule has 2 aromatic carbocycles. The van der Waals surface area contributed by atoms with Crippen LogP contribution in [0.1, 0.15) is 47.1 Å². The second kappa shape index (κ2) is 12.7. The van der Waals surface area contributed by atoms with Crippen LogP contribution in [0.15, 0.2) is 83.5 Å². The minimum Gasteiger partial charge on any atom is -0.466 e. The van der Waals surface area contributed by atoms with Crippen molar-refractivity contribution in [3.63, 3.8) is 0 Å². The lowest BCUT2D eigenvalue weighted by Gasteiger charge is -2.30. The Morgan fingerprint density at radius 2 is 1.61 bits per heavy atom. The van der Waals surface area contributed by atoms with Crippen molar-refractivity contribution >= 4 is 23.6 Å². The highest BCUT2D eigenvalue weighted by molar-refractivity contribution is 6.00. The summed E-state index contributed by atoms with van der Waals surface area (Å²) in [7, 11) is 1.21. The van der Waals surface area contributed by atoms with Crippen molar-refractivity contribution in [3.8, 4) is 0 Å². The summed E-state index contributed by atoms with van der Waals surface area (Å²) in [6.07, 6.45) is 3.99. The largest absolute Gasteiger partial charge is 0.466 e. The lowest BCUT2D eigenvalue weighted by Crippen LogP contribution is -2.32. The molecule has 0 bridgehead atoms. The number of hydrogen-bond donors (Lipinski definition) is 2. The molecule has 0 radical (unpaired) electrons. The molecule has 0 amide bonds. The number of nitro benzene ring substituents is 1. The van der Waals surface area contributed by atoms with Gasteiger partial charge in [-0.15, -0.1) is 0 Å². The maximum absolute atomic E-state index is 13.3. The SMILES string of the molecule is COC(=O)C1=C(C)NC(C)=C(C(=O)OCCOC(=O)c2ccc(Cc3ncc[nH]3)cc2)C1c1cccc([N+](=O)[O-])c1. The number of aromatic amines is 1. The van der Waals surface area contributed by atoms with Gasteiger partial charge in [0.05, 0.1) is 34.7 Å². The molecule has 1 unspecified atom stereocenters. The van der Waals surface area contributed by atoms with E-state index in [-0.39, 0.29) is 30.0 Å². The molecule has 1 aromatic heterocycles. The van der Waals surface area contributed by atoms with Gasteiger partial charge in [0, 0.05) is 42.3 Å². The summed E-state index contributed by atoms with van der Waals surface area (Å²) in [5.74, 6) is -2.25. The quantitative estimate of drug-likeness (QED) is 0.123. The van der Waals surface area contributed by atoms with Gasteiger partial charge in [-0.3, -0.25) is 10.1 Å². The highest BCUT2D eigenvalue weighted by atomic mass is 16.6. The molecule has 41 heavy (non-hydrogen) atoms. The van der Waals surface area contributed by atoms with Crippen LogP contribution in [0.25, 0.3) is 0 Å². The van der Waals surface area contributed by atoms with Crippen LogP contribution in [0.2, 0.25) is 0 Å². The number of imidazole rings is 1. The zero-order valence-corrected chi connectivity index (χ0v) is 22.6. The van der Waals surface area contributed by atoms with E-state index in [1.54, 1.807) is 56.6 Å². The molecule has 1 aliphatic rings. The number of esters is 3. The summed E-state index contributed by atoms with van der Waals surface area (Å²) in [4.78, 5) is 56.5. The Morgan fingerprint density at radius 3 is 2.22 bits per heavy atom. The van der Waals surface area contributed by atoms with Gasteiger partial charge in [0.15, 0.2) is 0 Å². The monoisotopic (exact) mass is 560 g/mol. The number of rotatable bonds is 10. The normalized spacial score (nSPS) is 14.8. The van der Waals surface area contributed by atoms with Crippen LogP contribution >= 0.6 is 0 Å². The van der Waals surface area contributed by atoms with E-state index < -0.39 is 28.7 Å². The first kappa shape index (κ1) is 28.7. The molecule has 1 atom stereocenters. The van der Waals surface area contributed by atoms with Crippen LogP contribution < -0.4 is 5.32 Å². The predicted octanol–water partition coefficient (Wildman–Crippen LogP) is 3.72. The fourth-order valence-corrected chi connectivity index (χ4v) is 4.57. The van der Waals surface area contributed by atoms with Crippen LogP contribution in [0.5, 0.6) is 0 Å². The molecular weight excluding hydrogens is 532 g/mol. The number of aromatic nitrogens is 2. The predicted molar refractivity (Wildman–Crippen MR) is 145 cm³/mol. The minimum atomic E-state index is -0.988. The number of methoxy groups -OCH3 is 1. The number of ether oxygens (including phenoxy) is 3. The number of hydrogen-bond acceptors (Lipinski definition) is 10. The van der Waals surface area contributed by atoms with Crippen LogP contribution in [-0.4, -0.2) is 53.1 Å².